The maximum Gasteiger partial charge on any atom is 0.129 e. The first-order valence-electron chi connectivity index (χ1n) is 3.39. The Kier molecular flexibility index (Phi) is 1.15. The van der Waals surface area contributed by atoms with Gasteiger partial charge in [0.15, 0.2) is 0 Å². The molecule has 0 amide bonds. The summed E-state index contributed by atoms with van der Waals surface area (Å²) < 4.78 is 1.73. The molecule has 0 saturated heterocycles. The van der Waals surface area contributed by atoms with E-state index >= 15 is 0 Å². The van der Waals surface area contributed by atoms with E-state index in [4.69, 9.17) is 0 Å². The summed E-state index contributed by atoms with van der Waals surface area (Å²) in [5.41, 5.74) is 1.75. The highest BCUT2D eigenvalue weighted by molar-refractivity contribution is 5.71. The van der Waals surface area contributed by atoms with Crippen LogP contribution in [0.25, 0.3) is 11.0 Å². The van der Waals surface area contributed by atoms with E-state index in [2.05, 4.69) is 15.1 Å². The van der Waals surface area contributed by atoms with Crippen LogP contribution in [0, 0.1) is 6.92 Å². The SMILES string of the molecule is Cc1ncc2nn(C)cc2n1. The van der Waals surface area contributed by atoms with E-state index in [0.717, 1.165) is 16.9 Å². The van der Waals surface area contributed by atoms with Gasteiger partial charge in [0.25, 0.3) is 0 Å². The second-order valence-corrected chi connectivity index (χ2v) is 2.49. The first-order valence-corrected chi connectivity index (χ1v) is 3.39. The summed E-state index contributed by atoms with van der Waals surface area (Å²) in [6.07, 6.45) is 3.61. The van der Waals surface area contributed by atoms with Gasteiger partial charge < -0.3 is 0 Å². The molecule has 2 heterocycles. The van der Waals surface area contributed by atoms with Gasteiger partial charge in [0.05, 0.1) is 12.4 Å². The molecule has 0 unspecified atom stereocenters. The molecule has 4 heteroatoms. The Morgan fingerprint density at radius 2 is 2.18 bits per heavy atom. The van der Waals surface area contributed by atoms with Crippen LogP contribution in [0.5, 0.6) is 0 Å². The van der Waals surface area contributed by atoms with Crippen molar-refractivity contribution in [1.29, 1.82) is 0 Å². The van der Waals surface area contributed by atoms with Gasteiger partial charge in [-0.1, -0.05) is 0 Å². The third kappa shape index (κ3) is 0.960. The Bertz CT molecular complexity index is 390. The van der Waals surface area contributed by atoms with Crippen molar-refractivity contribution in [3.8, 4) is 0 Å². The standard InChI is InChI=1S/C7H8N4/c1-5-8-3-6-7(9-5)4-11(2)10-6/h3-4H,1-2H3. The van der Waals surface area contributed by atoms with Crippen LogP contribution < -0.4 is 0 Å². The van der Waals surface area contributed by atoms with Crippen molar-refractivity contribution in [1.82, 2.24) is 19.7 Å². The van der Waals surface area contributed by atoms with Crippen LogP contribution >= 0.6 is 0 Å². The van der Waals surface area contributed by atoms with Crippen LogP contribution in [0.1, 0.15) is 5.82 Å². The zero-order chi connectivity index (χ0) is 7.84. The van der Waals surface area contributed by atoms with E-state index < -0.39 is 0 Å². The molecule has 0 fully saturated rings. The number of hydrogen-bond acceptors (Lipinski definition) is 3. The van der Waals surface area contributed by atoms with Crippen LogP contribution in [0.4, 0.5) is 0 Å². The topological polar surface area (TPSA) is 43.6 Å². The highest BCUT2D eigenvalue weighted by Crippen LogP contribution is 2.05. The van der Waals surface area contributed by atoms with Gasteiger partial charge in [0.2, 0.25) is 0 Å². The Hall–Kier alpha value is -1.45. The summed E-state index contributed by atoms with van der Waals surface area (Å²) >= 11 is 0. The second-order valence-electron chi connectivity index (χ2n) is 2.49. The smallest absolute Gasteiger partial charge is 0.129 e. The molecule has 2 aromatic rings. The minimum atomic E-state index is 0.783. The fourth-order valence-corrected chi connectivity index (χ4v) is 1.03. The quantitative estimate of drug-likeness (QED) is 0.551. The number of aryl methyl sites for hydroxylation is 2. The molecule has 0 N–H and O–H groups in total. The van der Waals surface area contributed by atoms with E-state index in [9.17, 15) is 0 Å². The average Bonchev–Trinajstić information content (AvgIpc) is 2.27. The molecule has 0 aliphatic carbocycles. The van der Waals surface area contributed by atoms with Crippen LogP contribution in [0.2, 0.25) is 0 Å². The molecule has 0 spiro atoms. The predicted octanol–water partition coefficient (Wildman–Crippen LogP) is 0.672. The summed E-state index contributed by atoms with van der Waals surface area (Å²) in [7, 11) is 1.87. The molecule has 0 saturated carbocycles. The van der Waals surface area contributed by atoms with Crippen molar-refractivity contribution in [2.45, 2.75) is 6.92 Å². The number of rotatable bonds is 0. The molecule has 2 rings (SSSR count). The lowest BCUT2D eigenvalue weighted by Gasteiger charge is -1.87. The van der Waals surface area contributed by atoms with Crippen LogP contribution in [-0.2, 0) is 7.05 Å². The number of hydrogen-bond donors (Lipinski definition) is 0. The Morgan fingerprint density at radius 3 is 3.00 bits per heavy atom. The number of aromatic nitrogens is 4. The third-order valence-corrected chi connectivity index (χ3v) is 1.49. The summed E-state index contributed by atoms with van der Waals surface area (Å²) in [6, 6.07) is 0. The van der Waals surface area contributed by atoms with Gasteiger partial charge in [0, 0.05) is 7.05 Å². The van der Waals surface area contributed by atoms with Crippen molar-refractivity contribution in [3.63, 3.8) is 0 Å². The lowest BCUT2D eigenvalue weighted by Crippen LogP contribution is -1.85. The highest BCUT2D eigenvalue weighted by atomic mass is 15.3. The van der Waals surface area contributed by atoms with Crippen molar-refractivity contribution >= 4 is 11.0 Å². The fraction of sp³-hybridized carbons (Fsp3) is 0.286. The summed E-state index contributed by atoms with van der Waals surface area (Å²) in [6.45, 7) is 1.87. The van der Waals surface area contributed by atoms with Crippen molar-refractivity contribution in [3.05, 3.63) is 18.2 Å². The Labute approximate surface area is 63.9 Å². The van der Waals surface area contributed by atoms with E-state index in [1.165, 1.54) is 0 Å². The fourth-order valence-electron chi connectivity index (χ4n) is 1.03. The summed E-state index contributed by atoms with van der Waals surface area (Å²) in [5.74, 6) is 0.783. The minimum Gasteiger partial charge on any atom is -0.273 e. The van der Waals surface area contributed by atoms with E-state index in [1.807, 2.05) is 20.2 Å². The molecule has 0 atom stereocenters. The Balaban J connectivity index is 2.82. The lowest BCUT2D eigenvalue weighted by molar-refractivity contribution is 0.779. The van der Waals surface area contributed by atoms with Crippen LogP contribution in [-0.4, -0.2) is 19.7 Å². The monoisotopic (exact) mass is 148 g/mol. The first kappa shape index (κ1) is 6.27. The predicted molar refractivity (Wildman–Crippen MR) is 41.0 cm³/mol. The zero-order valence-corrected chi connectivity index (χ0v) is 6.44. The number of fused-ring (bicyclic) bond motifs is 1. The largest absolute Gasteiger partial charge is 0.273 e. The van der Waals surface area contributed by atoms with Gasteiger partial charge in [-0.05, 0) is 6.92 Å². The van der Waals surface area contributed by atoms with Crippen molar-refractivity contribution in [2.75, 3.05) is 0 Å². The lowest BCUT2D eigenvalue weighted by atomic mass is 10.5. The van der Waals surface area contributed by atoms with Gasteiger partial charge in [0.1, 0.15) is 16.9 Å². The minimum absolute atomic E-state index is 0.783. The van der Waals surface area contributed by atoms with Gasteiger partial charge in [-0.3, -0.25) is 4.68 Å². The van der Waals surface area contributed by atoms with Crippen molar-refractivity contribution in [2.24, 2.45) is 7.05 Å². The van der Waals surface area contributed by atoms with Gasteiger partial charge in [-0.2, -0.15) is 5.10 Å². The highest BCUT2D eigenvalue weighted by Gasteiger charge is 1.98. The van der Waals surface area contributed by atoms with E-state index in [1.54, 1.807) is 10.9 Å². The van der Waals surface area contributed by atoms with E-state index in [0.29, 0.717) is 0 Å². The van der Waals surface area contributed by atoms with Crippen molar-refractivity contribution < 1.29 is 0 Å². The molecule has 0 bridgehead atoms. The summed E-state index contributed by atoms with van der Waals surface area (Å²) in [5, 5.41) is 4.15. The second kappa shape index (κ2) is 2.02. The first-order chi connectivity index (χ1) is 5.25. The molecule has 0 radical (unpaired) electrons. The van der Waals surface area contributed by atoms with Crippen LogP contribution in [0.15, 0.2) is 12.4 Å². The molecular formula is C7H8N4. The molecule has 2 aromatic heterocycles. The third-order valence-electron chi connectivity index (χ3n) is 1.49. The maximum atomic E-state index is 4.20. The van der Waals surface area contributed by atoms with Crippen LogP contribution in [0.3, 0.4) is 0 Å². The number of nitrogens with zero attached hydrogens (tertiary/aromatic N) is 4. The molecule has 11 heavy (non-hydrogen) atoms. The van der Waals surface area contributed by atoms with Gasteiger partial charge in [-0.25, -0.2) is 9.97 Å². The molecule has 0 aromatic carbocycles. The molecule has 0 aliphatic rings. The van der Waals surface area contributed by atoms with Gasteiger partial charge >= 0.3 is 0 Å². The average molecular weight is 148 g/mol. The van der Waals surface area contributed by atoms with Gasteiger partial charge in [-0.15, -0.1) is 0 Å². The normalized spacial score (nSPS) is 10.7. The zero-order valence-electron chi connectivity index (χ0n) is 6.44. The molecule has 0 aliphatic heterocycles. The maximum absolute atomic E-state index is 4.20. The Morgan fingerprint density at radius 1 is 1.36 bits per heavy atom. The molecule has 4 nitrogen and oxygen atoms in total. The molecule has 56 valence electrons. The summed E-state index contributed by atoms with van der Waals surface area (Å²) in [4.78, 5) is 8.24. The molecular weight excluding hydrogens is 140 g/mol. The van der Waals surface area contributed by atoms with E-state index in [-0.39, 0.29) is 0 Å².